The lowest BCUT2D eigenvalue weighted by molar-refractivity contribution is -0.117. The van der Waals surface area contributed by atoms with Gasteiger partial charge in [0, 0.05) is 32.4 Å². The highest BCUT2D eigenvalue weighted by molar-refractivity contribution is 9.10. The van der Waals surface area contributed by atoms with Gasteiger partial charge >= 0.3 is 0 Å². The highest BCUT2D eigenvalue weighted by Gasteiger charge is 2.21. The van der Waals surface area contributed by atoms with Gasteiger partial charge in [-0.25, -0.2) is 0 Å². The predicted molar refractivity (Wildman–Crippen MR) is 139 cm³/mol. The van der Waals surface area contributed by atoms with Crippen molar-refractivity contribution in [3.8, 4) is 5.69 Å². The summed E-state index contributed by atoms with van der Waals surface area (Å²) >= 11 is 11.4. The molecule has 2 heterocycles. The van der Waals surface area contributed by atoms with Crippen LogP contribution in [-0.2, 0) is 4.79 Å². The number of aromatic nitrogens is 1. The number of hydrogen-bond donors (Lipinski definition) is 1. The topological polar surface area (TPSA) is 51.1 Å². The molecule has 0 saturated carbocycles. The minimum atomic E-state index is -0.253. The molecule has 0 aliphatic carbocycles. The molecule has 1 amide bonds. The first kappa shape index (κ1) is 23.5. The van der Waals surface area contributed by atoms with Crippen LogP contribution in [0.1, 0.15) is 44.9 Å². The molecule has 0 aliphatic heterocycles. The van der Waals surface area contributed by atoms with E-state index in [1.165, 1.54) is 0 Å². The van der Waals surface area contributed by atoms with Crippen LogP contribution in [0, 0.1) is 13.8 Å². The van der Waals surface area contributed by atoms with E-state index >= 15 is 0 Å². The van der Waals surface area contributed by atoms with E-state index in [2.05, 4.69) is 21.2 Å². The molecule has 0 spiro atoms. The first-order valence-electron chi connectivity index (χ1n) is 10.4. The van der Waals surface area contributed by atoms with Gasteiger partial charge in [0.2, 0.25) is 5.91 Å². The van der Waals surface area contributed by atoms with Crippen molar-refractivity contribution in [1.82, 2.24) is 4.57 Å². The summed E-state index contributed by atoms with van der Waals surface area (Å²) in [4.78, 5) is 27.3. The molecule has 4 nitrogen and oxygen atoms in total. The number of amides is 1. The largest absolute Gasteiger partial charge is 0.324 e. The smallest absolute Gasteiger partial charge is 0.232 e. The van der Waals surface area contributed by atoms with Crippen LogP contribution in [0.15, 0.2) is 70.6 Å². The summed E-state index contributed by atoms with van der Waals surface area (Å²) in [5.41, 5.74) is 4.35. The summed E-state index contributed by atoms with van der Waals surface area (Å²) in [7, 11) is 0. The number of halogens is 2. The van der Waals surface area contributed by atoms with Crippen LogP contribution in [0.3, 0.4) is 0 Å². The van der Waals surface area contributed by atoms with Crippen molar-refractivity contribution >= 4 is 56.2 Å². The molecular formula is C26H22BrClN2O2S. The number of aryl methyl sites for hydroxylation is 1. The molecule has 0 fully saturated rings. The molecule has 4 rings (SSSR count). The maximum absolute atomic E-state index is 13.4. The lowest BCUT2D eigenvalue weighted by Crippen LogP contribution is -2.18. The zero-order valence-corrected chi connectivity index (χ0v) is 21.5. The number of hydrogen-bond acceptors (Lipinski definition) is 3. The number of benzene rings is 2. The van der Waals surface area contributed by atoms with E-state index in [1.807, 2.05) is 61.2 Å². The van der Waals surface area contributed by atoms with E-state index in [4.69, 9.17) is 11.6 Å². The minimum absolute atomic E-state index is 0.0686. The predicted octanol–water partition coefficient (Wildman–Crippen LogP) is 7.54. The Balaban J connectivity index is 1.67. The van der Waals surface area contributed by atoms with Crippen LogP contribution in [0.5, 0.6) is 0 Å². The first-order chi connectivity index (χ1) is 15.8. The van der Waals surface area contributed by atoms with E-state index in [0.29, 0.717) is 27.5 Å². The van der Waals surface area contributed by atoms with Crippen molar-refractivity contribution in [1.29, 1.82) is 0 Å². The zero-order chi connectivity index (χ0) is 23.7. The molecule has 0 saturated heterocycles. The molecule has 7 heteroatoms. The van der Waals surface area contributed by atoms with Gasteiger partial charge in [-0.15, -0.1) is 11.3 Å². The number of carbonyl (C=O) groups excluding carboxylic acids is 2. The lowest BCUT2D eigenvalue weighted by Gasteiger charge is -2.15. The standard InChI is InChI=1S/C26H22BrClN2O2S/c1-15-12-24(33-14-15)16(2)26(32)29-22-10-11-30(17(22)3)23-9-8-18(27)13-20(23)25(31)19-6-4-5-7-21(19)28/h4-14,16H,1-3H3,(H,29,32). The van der Waals surface area contributed by atoms with Crippen molar-refractivity contribution < 1.29 is 9.59 Å². The van der Waals surface area contributed by atoms with Gasteiger partial charge in [-0.2, -0.15) is 0 Å². The lowest BCUT2D eigenvalue weighted by atomic mass is 10.0. The van der Waals surface area contributed by atoms with Crippen LogP contribution < -0.4 is 5.32 Å². The minimum Gasteiger partial charge on any atom is -0.324 e. The first-order valence-corrected chi connectivity index (χ1v) is 12.4. The van der Waals surface area contributed by atoms with Crippen molar-refractivity contribution in [2.75, 3.05) is 5.32 Å². The number of nitrogens with zero attached hydrogens (tertiary/aromatic N) is 1. The molecular weight excluding hydrogens is 520 g/mol. The Hall–Kier alpha value is -2.67. The fourth-order valence-electron chi connectivity index (χ4n) is 3.65. The third-order valence-electron chi connectivity index (χ3n) is 5.55. The van der Waals surface area contributed by atoms with Crippen LogP contribution in [0.2, 0.25) is 5.02 Å². The number of rotatable bonds is 6. The van der Waals surface area contributed by atoms with E-state index in [0.717, 1.165) is 20.6 Å². The number of ketones is 1. The van der Waals surface area contributed by atoms with E-state index in [9.17, 15) is 9.59 Å². The molecule has 168 valence electrons. The van der Waals surface area contributed by atoms with Gasteiger partial charge in [0.05, 0.1) is 22.3 Å². The number of thiophene rings is 1. The van der Waals surface area contributed by atoms with Crippen molar-refractivity contribution in [3.63, 3.8) is 0 Å². The zero-order valence-electron chi connectivity index (χ0n) is 18.4. The van der Waals surface area contributed by atoms with Gasteiger partial charge in [0.1, 0.15) is 0 Å². The Labute approximate surface area is 210 Å². The summed E-state index contributed by atoms with van der Waals surface area (Å²) in [5.74, 6) is -0.491. The Morgan fingerprint density at radius 3 is 2.52 bits per heavy atom. The highest BCUT2D eigenvalue weighted by Crippen LogP contribution is 2.30. The Kier molecular flexibility index (Phi) is 6.88. The average Bonchev–Trinajstić information content (AvgIpc) is 3.39. The maximum Gasteiger partial charge on any atom is 0.232 e. The Morgan fingerprint density at radius 2 is 1.82 bits per heavy atom. The van der Waals surface area contributed by atoms with Gasteiger partial charge in [0.25, 0.3) is 0 Å². The second-order valence-electron chi connectivity index (χ2n) is 7.89. The van der Waals surface area contributed by atoms with Crippen LogP contribution in [-0.4, -0.2) is 16.3 Å². The molecule has 4 aromatic rings. The average molecular weight is 542 g/mol. The third-order valence-corrected chi connectivity index (χ3v) is 7.61. The fourth-order valence-corrected chi connectivity index (χ4v) is 5.18. The molecule has 1 N–H and O–H groups in total. The van der Waals surface area contributed by atoms with Crippen LogP contribution >= 0.6 is 38.9 Å². The summed E-state index contributed by atoms with van der Waals surface area (Å²) in [6.07, 6.45) is 1.86. The molecule has 2 aromatic carbocycles. The summed E-state index contributed by atoms with van der Waals surface area (Å²) in [6.45, 7) is 5.85. The number of anilines is 1. The van der Waals surface area contributed by atoms with Gasteiger partial charge < -0.3 is 9.88 Å². The molecule has 0 bridgehead atoms. The Bertz CT molecular complexity index is 1360. The fraction of sp³-hybridized carbons (Fsp3) is 0.154. The number of nitrogens with one attached hydrogen (secondary N) is 1. The molecule has 1 atom stereocenters. The van der Waals surface area contributed by atoms with E-state index < -0.39 is 0 Å². The van der Waals surface area contributed by atoms with Crippen molar-refractivity contribution in [2.24, 2.45) is 0 Å². The molecule has 1 unspecified atom stereocenters. The normalized spacial score (nSPS) is 11.9. The SMILES string of the molecule is Cc1csc(C(C)C(=O)Nc2ccn(-c3ccc(Br)cc3C(=O)c3ccccc3Cl)c2C)c1. The van der Waals surface area contributed by atoms with Gasteiger partial charge in [0.15, 0.2) is 5.78 Å². The van der Waals surface area contributed by atoms with Crippen LogP contribution in [0.25, 0.3) is 5.69 Å². The van der Waals surface area contributed by atoms with Gasteiger partial charge in [-0.05, 0) is 74.2 Å². The summed E-state index contributed by atoms with van der Waals surface area (Å²) < 4.78 is 2.70. The van der Waals surface area contributed by atoms with Crippen molar-refractivity contribution in [3.05, 3.63) is 103 Å². The second-order valence-corrected chi connectivity index (χ2v) is 10.2. The summed E-state index contributed by atoms with van der Waals surface area (Å²) in [6, 6.07) is 16.5. The maximum atomic E-state index is 13.4. The third kappa shape index (κ3) is 4.83. The van der Waals surface area contributed by atoms with E-state index in [1.54, 1.807) is 41.7 Å². The van der Waals surface area contributed by atoms with E-state index in [-0.39, 0.29) is 17.6 Å². The molecule has 0 aliphatic rings. The van der Waals surface area contributed by atoms with Crippen LogP contribution in [0.4, 0.5) is 5.69 Å². The summed E-state index contributed by atoms with van der Waals surface area (Å²) in [5, 5.41) is 5.49. The van der Waals surface area contributed by atoms with Crippen molar-refractivity contribution in [2.45, 2.75) is 26.7 Å². The molecule has 33 heavy (non-hydrogen) atoms. The Morgan fingerprint density at radius 1 is 1.06 bits per heavy atom. The highest BCUT2D eigenvalue weighted by atomic mass is 79.9. The van der Waals surface area contributed by atoms with Gasteiger partial charge in [-0.3, -0.25) is 9.59 Å². The second kappa shape index (κ2) is 9.67. The number of carbonyl (C=O) groups is 2. The molecule has 2 aromatic heterocycles. The van der Waals surface area contributed by atoms with Gasteiger partial charge in [-0.1, -0.05) is 39.7 Å². The monoisotopic (exact) mass is 540 g/mol. The quantitative estimate of drug-likeness (QED) is 0.256. The molecule has 0 radical (unpaired) electrons.